The van der Waals surface area contributed by atoms with Crippen LogP contribution in [0.15, 0.2) is 48.8 Å². The first-order valence-electron chi connectivity index (χ1n) is 10.5. The number of benzene rings is 1. The molecule has 1 saturated heterocycles. The molecular formula is C22H26N8S. The van der Waals surface area contributed by atoms with Crippen molar-refractivity contribution in [2.75, 3.05) is 31.1 Å². The predicted octanol–water partition coefficient (Wildman–Crippen LogP) is 3.34. The highest BCUT2D eigenvalue weighted by molar-refractivity contribution is 7.22. The van der Waals surface area contributed by atoms with Crippen LogP contribution in [0.25, 0.3) is 10.2 Å². The van der Waals surface area contributed by atoms with E-state index in [1.54, 1.807) is 17.5 Å². The van der Waals surface area contributed by atoms with Crippen LogP contribution in [-0.4, -0.2) is 61.3 Å². The summed E-state index contributed by atoms with van der Waals surface area (Å²) in [6.07, 6.45) is 3.73. The van der Waals surface area contributed by atoms with Crippen molar-refractivity contribution in [2.45, 2.75) is 32.4 Å². The Morgan fingerprint density at radius 1 is 1.00 bits per heavy atom. The zero-order valence-electron chi connectivity index (χ0n) is 18.0. The van der Waals surface area contributed by atoms with Crippen LogP contribution in [0.1, 0.15) is 38.2 Å². The molecule has 1 unspecified atom stereocenters. The van der Waals surface area contributed by atoms with Crippen LogP contribution in [0.3, 0.4) is 0 Å². The topological polar surface area (TPSA) is 75.9 Å². The molecule has 0 bridgehead atoms. The number of piperazine rings is 1. The smallest absolute Gasteiger partial charge is 0.186 e. The maximum Gasteiger partial charge on any atom is 0.186 e. The number of fused-ring (bicyclic) bond motifs is 1. The van der Waals surface area contributed by atoms with Crippen LogP contribution in [0, 0.1) is 0 Å². The fourth-order valence-corrected chi connectivity index (χ4v) is 5.09. The molecule has 3 aromatic heterocycles. The van der Waals surface area contributed by atoms with E-state index in [0.29, 0.717) is 0 Å². The molecule has 5 rings (SSSR count). The van der Waals surface area contributed by atoms with Crippen molar-refractivity contribution >= 4 is 26.7 Å². The van der Waals surface area contributed by atoms with Gasteiger partial charge in [-0.15, -0.1) is 5.10 Å². The zero-order valence-corrected chi connectivity index (χ0v) is 18.8. The van der Waals surface area contributed by atoms with Gasteiger partial charge in [0, 0.05) is 38.6 Å². The van der Waals surface area contributed by atoms with Crippen molar-refractivity contribution < 1.29 is 0 Å². The van der Waals surface area contributed by atoms with Crippen LogP contribution >= 0.6 is 11.3 Å². The summed E-state index contributed by atoms with van der Waals surface area (Å²) < 4.78 is 3.17. The Bertz CT molecular complexity index is 1120. The third-order valence-electron chi connectivity index (χ3n) is 5.61. The van der Waals surface area contributed by atoms with Crippen LogP contribution in [0.2, 0.25) is 0 Å². The van der Waals surface area contributed by atoms with Gasteiger partial charge in [0.05, 0.1) is 21.8 Å². The molecule has 1 atom stereocenters. The Balaban J connectivity index is 1.42. The summed E-state index contributed by atoms with van der Waals surface area (Å²) in [6.45, 7) is 9.98. The van der Waals surface area contributed by atoms with Crippen molar-refractivity contribution in [1.29, 1.82) is 0 Å². The first-order chi connectivity index (χ1) is 15.0. The lowest BCUT2D eigenvalue weighted by molar-refractivity contribution is 0.191. The molecular weight excluding hydrogens is 408 g/mol. The highest BCUT2D eigenvalue weighted by atomic mass is 32.1. The molecule has 0 amide bonds. The highest BCUT2D eigenvalue weighted by Crippen LogP contribution is 2.33. The van der Waals surface area contributed by atoms with E-state index in [9.17, 15) is 0 Å². The molecule has 9 heteroatoms. The fraction of sp³-hybridized carbons (Fsp3) is 0.409. The van der Waals surface area contributed by atoms with E-state index < -0.39 is 0 Å². The van der Waals surface area contributed by atoms with Crippen LogP contribution in [0.4, 0.5) is 5.13 Å². The summed E-state index contributed by atoms with van der Waals surface area (Å²) in [4.78, 5) is 14.0. The maximum absolute atomic E-state index is 4.84. The first kappa shape index (κ1) is 20.0. The summed E-state index contributed by atoms with van der Waals surface area (Å²) >= 11 is 1.76. The lowest BCUT2D eigenvalue weighted by Crippen LogP contribution is -2.48. The molecule has 0 radical (unpaired) electrons. The van der Waals surface area contributed by atoms with Crippen molar-refractivity contribution in [2.24, 2.45) is 0 Å². The molecule has 0 aliphatic carbocycles. The normalized spacial score (nSPS) is 16.7. The Hall–Kier alpha value is -2.91. The lowest BCUT2D eigenvalue weighted by Gasteiger charge is -2.39. The number of anilines is 1. The minimum absolute atomic E-state index is 0.0413. The van der Waals surface area contributed by atoms with E-state index in [1.807, 2.05) is 23.0 Å². The standard InChI is InChI=1S/C22H26N8S/c1-22(2,3)30-20(25-26-27-30)19(16-7-6-10-23-15-16)28-11-13-29(14-12-28)21-24-17-8-4-5-9-18(17)31-21/h4-10,15,19H,11-14H2,1-3H3. The van der Waals surface area contributed by atoms with Crippen LogP contribution < -0.4 is 4.90 Å². The Kier molecular flexibility index (Phi) is 5.15. The quantitative estimate of drug-likeness (QED) is 0.487. The van der Waals surface area contributed by atoms with Gasteiger partial charge in [0.15, 0.2) is 11.0 Å². The monoisotopic (exact) mass is 434 g/mol. The predicted molar refractivity (Wildman–Crippen MR) is 122 cm³/mol. The van der Waals surface area contributed by atoms with E-state index in [2.05, 4.69) is 75.3 Å². The van der Waals surface area contributed by atoms with E-state index >= 15 is 0 Å². The molecule has 4 heterocycles. The third kappa shape index (κ3) is 3.90. The average molecular weight is 435 g/mol. The van der Waals surface area contributed by atoms with Crippen molar-refractivity contribution in [3.05, 3.63) is 60.2 Å². The zero-order chi connectivity index (χ0) is 21.4. The van der Waals surface area contributed by atoms with Gasteiger partial charge in [0.25, 0.3) is 0 Å². The number of rotatable bonds is 4. The molecule has 1 aliphatic rings. The molecule has 0 saturated carbocycles. The number of tetrazole rings is 1. The van der Waals surface area contributed by atoms with Gasteiger partial charge in [-0.2, -0.15) is 0 Å². The lowest BCUT2D eigenvalue weighted by atomic mass is 10.0. The number of hydrogen-bond acceptors (Lipinski definition) is 8. The SMILES string of the molecule is CC(C)(C)n1nnnc1C(c1cccnc1)N1CCN(c2nc3ccccc3s2)CC1. The number of nitrogens with zero attached hydrogens (tertiary/aromatic N) is 8. The van der Waals surface area contributed by atoms with Gasteiger partial charge in [-0.05, 0) is 55.0 Å². The van der Waals surface area contributed by atoms with E-state index in [-0.39, 0.29) is 11.6 Å². The largest absolute Gasteiger partial charge is 0.345 e. The molecule has 0 N–H and O–H groups in total. The van der Waals surface area contributed by atoms with Crippen molar-refractivity contribution in [1.82, 2.24) is 35.1 Å². The average Bonchev–Trinajstić information content (AvgIpc) is 3.42. The van der Waals surface area contributed by atoms with Gasteiger partial charge in [0.1, 0.15) is 0 Å². The summed E-state index contributed by atoms with van der Waals surface area (Å²) in [5.74, 6) is 0.855. The Morgan fingerprint density at radius 3 is 2.52 bits per heavy atom. The number of thiazole rings is 1. The summed E-state index contributed by atoms with van der Waals surface area (Å²) in [5.41, 5.74) is 1.97. The third-order valence-corrected chi connectivity index (χ3v) is 6.70. The highest BCUT2D eigenvalue weighted by Gasteiger charge is 2.33. The fourth-order valence-electron chi connectivity index (χ4n) is 4.07. The Labute approximate surface area is 185 Å². The number of pyridine rings is 1. The molecule has 8 nitrogen and oxygen atoms in total. The van der Waals surface area contributed by atoms with E-state index in [1.165, 1.54) is 4.70 Å². The molecule has 1 aliphatic heterocycles. The molecule has 160 valence electrons. The number of hydrogen-bond donors (Lipinski definition) is 0. The summed E-state index contributed by atoms with van der Waals surface area (Å²) in [7, 11) is 0. The van der Waals surface area contributed by atoms with E-state index in [4.69, 9.17) is 4.98 Å². The van der Waals surface area contributed by atoms with E-state index in [0.717, 1.165) is 48.2 Å². The second kappa shape index (κ2) is 7.97. The number of para-hydroxylation sites is 1. The second-order valence-corrected chi connectivity index (χ2v) is 9.80. The van der Waals surface area contributed by atoms with Crippen LogP contribution in [-0.2, 0) is 5.54 Å². The summed E-state index contributed by atoms with van der Waals surface area (Å²) in [5, 5.41) is 13.9. The minimum Gasteiger partial charge on any atom is -0.345 e. The van der Waals surface area contributed by atoms with Gasteiger partial charge in [0.2, 0.25) is 0 Å². The molecule has 0 spiro atoms. The van der Waals surface area contributed by atoms with Gasteiger partial charge < -0.3 is 4.90 Å². The molecule has 4 aromatic rings. The van der Waals surface area contributed by atoms with Gasteiger partial charge in [-0.3, -0.25) is 9.88 Å². The molecule has 31 heavy (non-hydrogen) atoms. The van der Waals surface area contributed by atoms with Crippen molar-refractivity contribution in [3.63, 3.8) is 0 Å². The Morgan fingerprint density at radius 2 is 1.81 bits per heavy atom. The summed E-state index contributed by atoms with van der Waals surface area (Å²) in [6, 6.07) is 12.4. The van der Waals surface area contributed by atoms with Gasteiger partial charge >= 0.3 is 0 Å². The van der Waals surface area contributed by atoms with Gasteiger partial charge in [-0.1, -0.05) is 29.5 Å². The first-order valence-corrected chi connectivity index (χ1v) is 11.4. The second-order valence-electron chi connectivity index (χ2n) is 8.80. The number of aromatic nitrogens is 6. The van der Waals surface area contributed by atoms with Crippen LogP contribution in [0.5, 0.6) is 0 Å². The van der Waals surface area contributed by atoms with Crippen molar-refractivity contribution in [3.8, 4) is 0 Å². The maximum atomic E-state index is 4.84. The minimum atomic E-state index is -0.206. The molecule has 1 fully saturated rings. The van der Waals surface area contributed by atoms with Gasteiger partial charge in [-0.25, -0.2) is 9.67 Å². The molecule has 1 aromatic carbocycles.